The van der Waals surface area contributed by atoms with Crippen molar-refractivity contribution >= 4 is 37.3 Å². The molecule has 3 N–H and O–H groups in total. The normalized spacial score (nSPS) is 11.9. The maximum Gasteiger partial charge on any atom is 0.271 e. The second kappa shape index (κ2) is 6.19. The Hall–Kier alpha value is -0.670. The van der Waals surface area contributed by atoms with Crippen LogP contribution in [0.15, 0.2) is 37.6 Å². The Balaban J connectivity index is 1.78. The van der Waals surface area contributed by atoms with Crippen LogP contribution in [-0.2, 0) is 23.0 Å². The van der Waals surface area contributed by atoms with E-state index in [1.54, 1.807) is 17.4 Å². The molecule has 0 saturated heterocycles. The van der Waals surface area contributed by atoms with Crippen LogP contribution in [0.2, 0.25) is 0 Å². The summed E-state index contributed by atoms with van der Waals surface area (Å²) < 4.78 is 28.3. The maximum absolute atomic E-state index is 11.0. The maximum atomic E-state index is 11.0. The van der Waals surface area contributed by atoms with E-state index < -0.39 is 10.0 Å². The van der Waals surface area contributed by atoms with Gasteiger partial charge in [0.15, 0.2) is 0 Å². The van der Waals surface area contributed by atoms with Crippen molar-refractivity contribution in [2.45, 2.75) is 18.1 Å². The number of primary sulfonamides is 1. The number of thiophene rings is 1. The second-order valence-corrected chi connectivity index (χ2v) is 7.94. The number of furan rings is 1. The Morgan fingerprint density at radius 2 is 2.11 bits per heavy atom. The van der Waals surface area contributed by atoms with Crippen molar-refractivity contribution in [3.8, 4) is 0 Å². The molecule has 2 aromatic rings. The first-order valence-corrected chi connectivity index (χ1v) is 8.67. The molecule has 19 heavy (non-hydrogen) atoms. The third kappa shape index (κ3) is 4.43. The van der Waals surface area contributed by atoms with Crippen LogP contribution in [0.1, 0.15) is 10.6 Å². The summed E-state index contributed by atoms with van der Waals surface area (Å²) in [5, 5.41) is 7.94. The summed E-state index contributed by atoms with van der Waals surface area (Å²) in [6.07, 6.45) is 0.916. The van der Waals surface area contributed by atoms with Crippen LogP contribution in [0, 0.1) is 0 Å². The van der Waals surface area contributed by atoms with Crippen LogP contribution < -0.4 is 10.5 Å². The van der Waals surface area contributed by atoms with E-state index >= 15 is 0 Å². The monoisotopic (exact) mass is 364 g/mol. The molecule has 5 nitrogen and oxygen atoms in total. The zero-order valence-corrected chi connectivity index (χ0v) is 13.1. The molecule has 0 aliphatic carbocycles. The minimum Gasteiger partial charge on any atom is -0.447 e. The molecule has 0 aliphatic heterocycles. The lowest BCUT2D eigenvalue weighted by atomic mass is 10.3. The molecule has 0 aliphatic rings. The van der Waals surface area contributed by atoms with Crippen molar-refractivity contribution in [3.05, 3.63) is 38.7 Å². The van der Waals surface area contributed by atoms with Crippen molar-refractivity contribution in [2.75, 3.05) is 6.54 Å². The van der Waals surface area contributed by atoms with Crippen LogP contribution in [-0.4, -0.2) is 15.0 Å². The van der Waals surface area contributed by atoms with Gasteiger partial charge in [0.1, 0.15) is 5.76 Å². The van der Waals surface area contributed by atoms with Crippen LogP contribution in [0.5, 0.6) is 0 Å². The fourth-order valence-corrected chi connectivity index (χ4v) is 3.48. The van der Waals surface area contributed by atoms with Gasteiger partial charge >= 0.3 is 0 Å². The SMILES string of the molecule is NS(=O)(=O)c1ccc(CNCCc2ccc(Br)s2)o1. The number of hydrogen-bond acceptors (Lipinski definition) is 5. The Labute approximate surface area is 124 Å². The molecule has 0 spiro atoms. The molecule has 0 unspecified atom stereocenters. The highest BCUT2D eigenvalue weighted by Crippen LogP contribution is 2.22. The van der Waals surface area contributed by atoms with Crippen LogP contribution in [0.3, 0.4) is 0 Å². The number of rotatable bonds is 6. The van der Waals surface area contributed by atoms with Crippen LogP contribution >= 0.6 is 27.3 Å². The van der Waals surface area contributed by atoms with E-state index in [2.05, 4.69) is 27.3 Å². The molecule has 2 heterocycles. The van der Waals surface area contributed by atoms with E-state index in [1.807, 2.05) is 6.07 Å². The Morgan fingerprint density at radius 3 is 2.68 bits per heavy atom. The van der Waals surface area contributed by atoms with Gasteiger partial charge in [0.05, 0.1) is 10.3 Å². The summed E-state index contributed by atoms with van der Waals surface area (Å²) in [6.45, 7) is 1.26. The summed E-state index contributed by atoms with van der Waals surface area (Å²) >= 11 is 5.11. The minimum absolute atomic E-state index is 0.202. The molecule has 0 radical (unpaired) electrons. The summed E-state index contributed by atoms with van der Waals surface area (Å²) in [6, 6.07) is 7.06. The van der Waals surface area contributed by atoms with E-state index in [1.165, 1.54) is 10.9 Å². The molecule has 2 rings (SSSR count). The van der Waals surface area contributed by atoms with Gasteiger partial charge < -0.3 is 9.73 Å². The van der Waals surface area contributed by atoms with Crippen molar-refractivity contribution in [1.29, 1.82) is 0 Å². The third-order valence-electron chi connectivity index (χ3n) is 2.39. The first-order chi connectivity index (χ1) is 8.95. The second-order valence-electron chi connectivity index (χ2n) is 3.90. The molecule has 2 aromatic heterocycles. The van der Waals surface area contributed by atoms with Gasteiger partial charge in [-0.15, -0.1) is 11.3 Å². The Bertz CT molecular complexity index is 648. The van der Waals surface area contributed by atoms with Crippen molar-refractivity contribution in [1.82, 2.24) is 5.32 Å². The fourth-order valence-electron chi connectivity index (χ4n) is 1.52. The minimum atomic E-state index is -3.75. The topological polar surface area (TPSA) is 85.3 Å². The predicted octanol–water partition coefficient (Wildman–Crippen LogP) is 2.08. The highest BCUT2D eigenvalue weighted by atomic mass is 79.9. The van der Waals surface area contributed by atoms with E-state index in [9.17, 15) is 8.42 Å². The molecule has 0 atom stereocenters. The highest BCUT2D eigenvalue weighted by Gasteiger charge is 2.12. The first-order valence-electron chi connectivity index (χ1n) is 5.51. The number of nitrogens with one attached hydrogen (secondary N) is 1. The largest absolute Gasteiger partial charge is 0.447 e. The summed E-state index contributed by atoms with van der Waals surface area (Å²) in [5.74, 6) is 0.552. The van der Waals surface area contributed by atoms with E-state index in [4.69, 9.17) is 9.56 Å². The molecule has 0 amide bonds. The summed E-state index contributed by atoms with van der Waals surface area (Å²) in [5.41, 5.74) is 0. The predicted molar refractivity (Wildman–Crippen MR) is 77.5 cm³/mol. The number of nitrogens with two attached hydrogens (primary N) is 1. The fraction of sp³-hybridized carbons (Fsp3) is 0.273. The Morgan fingerprint density at radius 1 is 1.32 bits per heavy atom. The standard InChI is InChI=1S/C11H13BrN2O3S2/c12-10-3-2-9(18-10)5-6-14-7-8-1-4-11(17-8)19(13,15)16/h1-4,14H,5-7H2,(H2,13,15,16). The lowest BCUT2D eigenvalue weighted by molar-refractivity contribution is 0.403. The van der Waals surface area contributed by atoms with Gasteiger partial charge in [0, 0.05) is 11.4 Å². The summed E-state index contributed by atoms with van der Waals surface area (Å²) in [7, 11) is -3.75. The lowest BCUT2D eigenvalue weighted by Crippen LogP contribution is -2.16. The van der Waals surface area contributed by atoms with Gasteiger partial charge in [-0.1, -0.05) is 0 Å². The molecule has 0 bridgehead atoms. The van der Waals surface area contributed by atoms with E-state index in [-0.39, 0.29) is 5.09 Å². The number of sulfonamides is 1. The first kappa shape index (κ1) is 14.7. The van der Waals surface area contributed by atoms with Gasteiger partial charge in [0.25, 0.3) is 10.0 Å². The van der Waals surface area contributed by atoms with Crippen LogP contribution in [0.25, 0.3) is 0 Å². The average molecular weight is 365 g/mol. The molecule has 0 aromatic carbocycles. The molecular weight excluding hydrogens is 352 g/mol. The van der Waals surface area contributed by atoms with Gasteiger partial charge in [-0.05, 0) is 46.6 Å². The number of hydrogen-bond donors (Lipinski definition) is 2. The van der Waals surface area contributed by atoms with E-state index in [0.29, 0.717) is 12.3 Å². The van der Waals surface area contributed by atoms with Gasteiger partial charge in [-0.3, -0.25) is 0 Å². The van der Waals surface area contributed by atoms with Gasteiger partial charge in [-0.2, -0.15) is 0 Å². The average Bonchev–Trinajstić information content (AvgIpc) is 2.93. The van der Waals surface area contributed by atoms with Crippen molar-refractivity contribution in [3.63, 3.8) is 0 Å². The summed E-state index contributed by atoms with van der Waals surface area (Å²) in [4.78, 5) is 1.28. The van der Waals surface area contributed by atoms with Crippen molar-refractivity contribution < 1.29 is 12.8 Å². The molecular formula is C11H13BrN2O3S2. The van der Waals surface area contributed by atoms with Gasteiger partial charge in [0.2, 0.25) is 5.09 Å². The molecule has 104 valence electrons. The highest BCUT2D eigenvalue weighted by molar-refractivity contribution is 9.11. The molecule has 0 fully saturated rings. The quantitative estimate of drug-likeness (QED) is 0.768. The zero-order chi connectivity index (χ0) is 13.9. The molecule has 0 saturated carbocycles. The zero-order valence-electron chi connectivity index (χ0n) is 9.93. The van der Waals surface area contributed by atoms with E-state index in [0.717, 1.165) is 16.8 Å². The van der Waals surface area contributed by atoms with Crippen molar-refractivity contribution in [2.24, 2.45) is 5.14 Å². The smallest absolute Gasteiger partial charge is 0.271 e. The lowest BCUT2D eigenvalue weighted by Gasteiger charge is -2.01. The van der Waals surface area contributed by atoms with Crippen LogP contribution in [0.4, 0.5) is 0 Å². The Kier molecular flexibility index (Phi) is 4.80. The van der Waals surface area contributed by atoms with Gasteiger partial charge in [-0.25, -0.2) is 13.6 Å². The number of halogens is 1. The third-order valence-corrected chi connectivity index (χ3v) is 4.86. The molecule has 8 heteroatoms.